The summed E-state index contributed by atoms with van der Waals surface area (Å²) in [5.41, 5.74) is 6.81. The fourth-order valence-corrected chi connectivity index (χ4v) is 1.98. The molecule has 14 heavy (non-hydrogen) atoms. The van der Waals surface area contributed by atoms with Crippen LogP contribution in [0.25, 0.3) is 0 Å². The Morgan fingerprint density at radius 3 is 2.93 bits per heavy atom. The van der Waals surface area contributed by atoms with E-state index in [1.807, 2.05) is 19.2 Å². The van der Waals surface area contributed by atoms with E-state index in [0.29, 0.717) is 0 Å². The largest absolute Gasteiger partial charge is 0.387 e. The van der Waals surface area contributed by atoms with Gasteiger partial charge in [0.1, 0.15) is 11.0 Å². The third kappa shape index (κ3) is 3.10. The van der Waals surface area contributed by atoms with Crippen molar-refractivity contribution in [2.45, 2.75) is 39.7 Å². The average Bonchev–Trinajstić information content (AvgIpc) is 2.52. The summed E-state index contributed by atoms with van der Waals surface area (Å²) >= 11 is 1.64. The van der Waals surface area contributed by atoms with Crippen LogP contribution in [0.15, 0.2) is 10.4 Å². The Labute approximate surface area is 89.1 Å². The van der Waals surface area contributed by atoms with Crippen LogP contribution < -0.4 is 5.73 Å². The van der Waals surface area contributed by atoms with Crippen LogP contribution >= 0.6 is 11.3 Å². The molecule has 0 saturated heterocycles. The number of rotatable bonds is 4. The minimum atomic E-state index is 0.0975. The lowest BCUT2D eigenvalue weighted by Gasteiger charge is -2.04. The maximum atomic E-state index is 5.76. The Kier molecular flexibility index (Phi) is 4.07. The number of nitrogens with two attached hydrogens (primary N) is 1. The SMILES string of the molecule is CCCC(N)=NC(C)c1nc(C)cs1. The molecule has 0 aliphatic rings. The first-order chi connectivity index (χ1) is 6.63. The highest BCUT2D eigenvalue weighted by Gasteiger charge is 2.07. The lowest BCUT2D eigenvalue weighted by molar-refractivity contribution is 0.792. The van der Waals surface area contributed by atoms with Crippen molar-refractivity contribution >= 4 is 17.2 Å². The van der Waals surface area contributed by atoms with Crippen LogP contribution in [0.5, 0.6) is 0 Å². The van der Waals surface area contributed by atoms with Crippen molar-refractivity contribution < 1.29 is 0 Å². The summed E-state index contributed by atoms with van der Waals surface area (Å²) in [4.78, 5) is 8.77. The van der Waals surface area contributed by atoms with Gasteiger partial charge in [-0.05, 0) is 20.3 Å². The molecule has 0 aromatic carbocycles. The number of nitrogens with zero attached hydrogens (tertiary/aromatic N) is 2. The molecule has 1 aromatic rings. The monoisotopic (exact) mass is 211 g/mol. The van der Waals surface area contributed by atoms with Gasteiger partial charge in [-0.15, -0.1) is 11.3 Å². The molecule has 3 nitrogen and oxygen atoms in total. The van der Waals surface area contributed by atoms with Crippen LogP contribution in [0.1, 0.15) is 43.4 Å². The van der Waals surface area contributed by atoms with Crippen molar-refractivity contribution in [2.75, 3.05) is 0 Å². The second-order valence-corrected chi connectivity index (χ2v) is 4.26. The summed E-state index contributed by atoms with van der Waals surface area (Å²) in [7, 11) is 0. The van der Waals surface area contributed by atoms with Gasteiger partial charge in [0.05, 0.1) is 5.84 Å². The molecular weight excluding hydrogens is 194 g/mol. The van der Waals surface area contributed by atoms with Crippen LogP contribution in [0.2, 0.25) is 0 Å². The van der Waals surface area contributed by atoms with Gasteiger partial charge in [0, 0.05) is 17.5 Å². The van der Waals surface area contributed by atoms with E-state index < -0.39 is 0 Å². The predicted octanol–water partition coefficient (Wildman–Crippen LogP) is 2.67. The zero-order chi connectivity index (χ0) is 10.6. The second kappa shape index (κ2) is 5.10. The van der Waals surface area contributed by atoms with Crippen molar-refractivity contribution in [1.82, 2.24) is 4.98 Å². The molecule has 4 heteroatoms. The van der Waals surface area contributed by atoms with Gasteiger partial charge >= 0.3 is 0 Å². The Morgan fingerprint density at radius 1 is 1.71 bits per heavy atom. The molecule has 0 fully saturated rings. The van der Waals surface area contributed by atoms with Gasteiger partial charge in [0.25, 0.3) is 0 Å². The molecule has 0 aliphatic carbocycles. The molecule has 0 amide bonds. The van der Waals surface area contributed by atoms with Crippen molar-refractivity contribution in [3.63, 3.8) is 0 Å². The molecule has 1 heterocycles. The second-order valence-electron chi connectivity index (χ2n) is 3.37. The number of thiazole rings is 1. The number of aryl methyl sites for hydroxylation is 1. The predicted molar refractivity (Wildman–Crippen MR) is 61.8 cm³/mol. The first kappa shape index (κ1) is 11.2. The number of aromatic nitrogens is 1. The molecule has 2 N–H and O–H groups in total. The van der Waals surface area contributed by atoms with Gasteiger partial charge in [-0.25, -0.2) is 4.98 Å². The number of hydrogen-bond acceptors (Lipinski definition) is 3. The van der Waals surface area contributed by atoms with E-state index in [4.69, 9.17) is 5.73 Å². The van der Waals surface area contributed by atoms with Crippen molar-refractivity contribution in [3.05, 3.63) is 16.1 Å². The van der Waals surface area contributed by atoms with E-state index in [1.165, 1.54) is 0 Å². The van der Waals surface area contributed by atoms with Crippen molar-refractivity contribution in [3.8, 4) is 0 Å². The molecule has 1 unspecified atom stereocenters. The van der Waals surface area contributed by atoms with Crippen LogP contribution in [0.3, 0.4) is 0 Å². The normalized spacial score (nSPS) is 14.4. The van der Waals surface area contributed by atoms with Gasteiger partial charge in [-0.1, -0.05) is 6.92 Å². The molecule has 1 rings (SSSR count). The van der Waals surface area contributed by atoms with Gasteiger partial charge in [0.2, 0.25) is 0 Å². The molecule has 0 spiro atoms. The van der Waals surface area contributed by atoms with Gasteiger partial charge < -0.3 is 5.73 Å². The third-order valence-corrected chi connectivity index (χ3v) is 2.99. The summed E-state index contributed by atoms with van der Waals surface area (Å²) < 4.78 is 0. The first-order valence-electron chi connectivity index (χ1n) is 4.87. The maximum absolute atomic E-state index is 5.76. The highest BCUT2D eigenvalue weighted by molar-refractivity contribution is 7.09. The lowest BCUT2D eigenvalue weighted by atomic mass is 10.3. The molecule has 78 valence electrons. The fourth-order valence-electron chi connectivity index (χ4n) is 1.19. The van der Waals surface area contributed by atoms with E-state index in [1.54, 1.807) is 11.3 Å². The van der Waals surface area contributed by atoms with Gasteiger partial charge in [0.15, 0.2) is 0 Å². The average molecular weight is 211 g/mol. The standard InChI is InChI=1S/C10H17N3S/c1-4-5-9(11)13-8(3)10-12-7(2)6-14-10/h6,8H,4-5H2,1-3H3,(H2,11,13). The maximum Gasteiger partial charge on any atom is 0.117 e. The summed E-state index contributed by atoms with van der Waals surface area (Å²) in [6.07, 6.45) is 1.91. The van der Waals surface area contributed by atoms with Crippen LogP contribution in [-0.2, 0) is 0 Å². The smallest absolute Gasteiger partial charge is 0.117 e. The van der Waals surface area contributed by atoms with E-state index in [2.05, 4.69) is 16.9 Å². The fraction of sp³-hybridized carbons (Fsp3) is 0.600. The highest BCUT2D eigenvalue weighted by Crippen LogP contribution is 2.20. The Hall–Kier alpha value is -0.900. The summed E-state index contributed by atoms with van der Waals surface area (Å²) in [6, 6.07) is 0.0975. The zero-order valence-corrected chi connectivity index (χ0v) is 9.77. The molecule has 0 saturated carbocycles. The minimum absolute atomic E-state index is 0.0975. The molecule has 1 atom stereocenters. The number of aliphatic imine (C=N–C) groups is 1. The molecule has 0 aliphatic heterocycles. The minimum Gasteiger partial charge on any atom is -0.387 e. The van der Waals surface area contributed by atoms with Crippen molar-refractivity contribution in [2.24, 2.45) is 10.7 Å². The third-order valence-electron chi connectivity index (χ3n) is 1.86. The first-order valence-corrected chi connectivity index (χ1v) is 5.75. The van der Waals surface area contributed by atoms with Crippen LogP contribution in [0.4, 0.5) is 0 Å². The Bertz CT molecular complexity index is 317. The van der Waals surface area contributed by atoms with Crippen molar-refractivity contribution in [1.29, 1.82) is 0 Å². The zero-order valence-electron chi connectivity index (χ0n) is 8.95. The number of amidine groups is 1. The summed E-state index contributed by atoms with van der Waals surface area (Å²) in [5.74, 6) is 0.729. The lowest BCUT2D eigenvalue weighted by Crippen LogP contribution is -2.12. The van der Waals surface area contributed by atoms with E-state index in [0.717, 1.165) is 29.4 Å². The quantitative estimate of drug-likeness (QED) is 0.615. The molecule has 0 bridgehead atoms. The molecule has 1 aromatic heterocycles. The summed E-state index contributed by atoms with van der Waals surface area (Å²) in [6.45, 7) is 6.12. The Balaban J connectivity index is 2.66. The molecule has 0 radical (unpaired) electrons. The van der Waals surface area contributed by atoms with Crippen LogP contribution in [0, 0.1) is 6.92 Å². The van der Waals surface area contributed by atoms with Gasteiger partial charge in [-0.2, -0.15) is 0 Å². The highest BCUT2D eigenvalue weighted by atomic mass is 32.1. The van der Waals surface area contributed by atoms with E-state index in [9.17, 15) is 0 Å². The number of hydrogen-bond donors (Lipinski definition) is 1. The Morgan fingerprint density at radius 2 is 2.43 bits per heavy atom. The van der Waals surface area contributed by atoms with Crippen LogP contribution in [-0.4, -0.2) is 10.8 Å². The summed E-state index contributed by atoms with van der Waals surface area (Å²) in [5, 5.41) is 3.08. The topological polar surface area (TPSA) is 51.3 Å². The van der Waals surface area contributed by atoms with Gasteiger partial charge in [-0.3, -0.25) is 4.99 Å². The van der Waals surface area contributed by atoms with E-state index >= 15 is 0 Å². The van der Waals surface area contributed by atoms with E-state index in [-0.39, 0.29) is 6.04 Å². The molecular formula is C10H17N3S.